The molecule has 0 atom stereocenters. The standard InChI is InChI=1S/C19H31Cl2N5O2.HI/c1-3-22-19(24-8-7-23-18-17(21)13-15(20)14-25-18)26-9-5-16(6-10-26)28-12-4-11-27-2;/h13-14,16H,3-12H2,1-2H3,(H,22,24)(H,23,25);1H. The van der Waals surface area contributed by atoms with Crippen LogP contribution in [0.2, 0.25) is 10.0 Å². The zero-order valence-corrected chi connectivity index (χ0v) is 21.0. The first-order chi connectivity index (χ1) is 13.6. The van der Waals surface area contributed by atoms with Crippen LogP contribution in [0.25, 0.3) is 0 Å². The summed E-state index contributed by atoms with van der Waals surface area (Å²) in [5.41, 5.74) is 0. The summed E-state index contributed by atoms with van der Waals surface area (Å²) in [4.78, 5) is 11.2. The molecule has 0 spiro atoms. The van der Waals surface area contributed by atoms with Crippen LogP contribution in [0.4, 0.5) is 5.82 Å². The predicted molar refractivity (Wildman–Crippen MR) is 131 cm³/mol. The lowest BCUT2D eigenvalue weighted by Gasteiger charge is -2.34. The number of piperidine rings is 1. The topological polar surface area (TPSA) is 71.0 Å². The second-order valence-electron chi connectivity index (χ2n) is 6.55. The molecule has 1 fully saturated rings. The van der Waals surface area contributed by atoms with Crippen molar-refractivity contribution in [1.29, 1.82) is 0 Å². The molecular formula is C19H32Cl2IN5O2. The Morgan fingerprint density at radius 1 is 1.31 bits per heavy atom. The molecule has 1 aliphatic heterocycles. The molecule has 29 heavy (non-hydrogen) atoms. The van der Waals surface area contributed by atoms with Gasteiger partial charge in [0.1, 0.15) is 5.82 Å². The molecule has 0 aromatic carbocycles. The van der Waals surface area contributed by atoms with E-state index in [9.17, 15) is 0 Å². The highest BCUT2D eigenvalue weighted by molar-refractivity contribution is 14.0. The van der Waals surface area contributed by atoms with E-state index in [-0.39, 0.29) is 24.0 Å². The fourth-order valence-corrected chi connectivity index (χ4v) is 3.44. The summed E-state index contributed by atoms with van der Waals surface area (Å²) in [5.74, 6) is 1.56. The summed E-state index contributed by atoms with van der Waals surface area (Å²) in [6, 6.07) is 1.67. The number of hydrogen-bond acceptors (Lipinski definition) is 5. The summed E-state index contributed by atoms with van der Waals surface area (Å²) in [6.07, 6.45) is 4.88. The van der Waals surface area contributed by atoms with Gasteiger partial charge in [-0.3, -0.25) is 4.99 Å². The van der Waals surface area contributed by atoms with Crippen LogP contribution in [0.3, 0.4) is 0 Å². The van der Waals surface area contributed by atoms with Crippen molar-refractivity contribution >= 4 is 59.0 Å². The molecule has 1 aromatic rings. The Labute approximate surface area is 200 Å². The number of pyridine rings is 1. The van der Waals surface area contributed by atoms with E-state index in [1.54, 1.807) is 19.4 Å². The van der Waals surface area contributed by atoms with Gasteiger partial charge in [-0.1, -0.05) is 23.2 Å². The summed E-state index contributed by atoms with van der Waals surface area (Å²) in [5, 5.41) is 7.60. The molecule has 2 heterocycles. The van der Waals surface area contributed by atoms with Crippen molar-refractivity contribution in [1.82, 2.24) is 15.2 Å². The van der Waals surface area contributed by atoms with Gasteiger partial charge in [-0.2, -0.15) is 0 Å². The zero-order chi connectivity index (χ0) is 20.2. The maximum atomic E-state index is 6.13. The largest absolute Gasteiger partial charge is 0.385 e. The minimum absolute atomic E-state index is 0. The van der Waals surface area contributed by atoms with Crippen LogP contribution >= 0.6 is 47.2 Å². The molecule has 0 aliphatic carbocycles. The van der Waals surface area contributed by atoms with Crippen molar-refractivity contribution in [3.05, 3.63) is 22.3 Å². The fraction of sp³-hybridized carbons (Fsp3) is 0.684. The molecule has 0 bridgehead atoms. The first-order valence-corrected chi connectivity index (χ1v) is 10.6. The Morgan fingerprint density at radius 2 is 2.07 bits per heavy atom. The van der Waals surface area contributed by atoms with Gasteiger partial charge in [-0.15, -0.1) is 24.0 Å². The Bertz CT molecular complexity index is 616. The van der Waals surface area contributed by atoms with E-state index in [1.165, 1.54) is 0 Å². The second-order valence-corrected chi connectivity index (χ2v) is 7.39. The highest BCUT2D eigenvalue weighted by Crippen LogP contribution is 2.22. The third-order valence-electron chi connectivity index (χ3n) is 4.40. The Morgan fingerprint density at radius 3 is 2.72 bits per heavy atom. The van der Waals surface area contributed by atoms with Crippen molar-refractivity contribution in [2.45, 2.75) is 32.3 Å². The number of likely N-dealkylation sites (tertiary alicyclic amines) is 1. The van der Waals surface area contributed by atoms with Gasteiger partial charge in [0.05, 0.1) is 22.7 Å². The summed E-state index contributed by atoms with van der Waals surface area (Å²) < 4.78 is 11.0. The van der Waals surface area contributed by atoms with Crippen molar-refractivity contribution in [2.24, 2.45) is 4.99 Å². The summed E-state index contributed by atoms with van der Waals surface area (Å²) >= 11 is 12.0. The SMILES string of the molecule is CCNC(=NCCNc1ncc(Cl)cc1Cl)N1CCC(OCCCOC)CC1.I. The molecular weight excluding hydrogens is 528 g/mol. The predicted octanol–water partition coefficient (Wildman–Crippen LogP) is 3.90. The number of nitrogens with one attached hydrogen (secondary N) is 2. The normalized spacial score (nSPS) is 15.2. The van der Waals surface area contributed by atoms with Crippen LogP contribution in [0.5, 0.6) is 0 Å². The van der Waals surface area contributed by atoms with Crippen LogP contribution in [0.1, 0.15) is 26.2 Å². The third kappa shape index (κ3) is 9.87. The Hall–Kier alpha value is -0.550. The molecule has 2 rings (SSSR count). The minimum atomic E-state index is 0. The van der Waals surface area contributed by atoms with Crippen LogP contribution in [-0.2, 0) is 9.47 Å². The van der Waals surface area contributed by atoms with Gasteiger partial charge in [0.2, 0.25) is 0 Å². The van der Waals surface area contributed by atoms with E-state index in [2.05, 4.69) is 27.4 Å². The van der Waals surface area contributed by atoms with Gasteiger partial charge in [0, 0.05) is 52.7 Å². The summed E-state index contributed by atoms with van der Waals surface area (Å²) in [7, 11) is 1.72. The number of halogens is 3. The lowest BCUT2D eigenvalue weighted by molar-refractivity contribution is 0.00991. The highest BCUT2D eigenvalue weighted by Gasteiger charge is 2.21. The van der Waals surface area contributed by atoms with Gasteiger partial charge in [-0.05, 0) is 32.3 Å². The Balaban J connectivity index is 0.00000420. The number of guanidine groups is 1. The average molecular weight is 560 g/mol. The van der Waals surface area contributed by atoms with E-state index in [0.29, 0.717) is 35.1 Å². The van der Waals surface area contributed by atoms with Gasteiger partial charge in [-0.25, -0.2) is 4.98 Å². The molecule has 166 valence electrons. The van der Waals surface area contributed by atoms with Gasteiger partial charge >= 0.3 is 0 Å². The van der Waals surface area contributed by atoms with Crippen LogP contribution in [0.15, 0.2) is 17.3 Å². The number of hydrogen-bond donors (Lipinski definition) is 2. The number of rotatable bonds is 10. The number of nitrogens with zero attached hydrogens (tertiary/aromatic N) is 3. The lowest BCUT2D eigenvalue weighted by atomic mass is 10.1. The van der Waals surface area contributed by atoms with E-state index < -0.39 is 0 Å². The molecule has 0 saturated carbocycles. The van der Waals surface area contributed by atoms with Crippen LogP contribution < -0.4 is 10.6 Å². The molecule has 1 aromatic heterocycles. The molecule has 1 aliphatic rings. The molecule has 0 unspecified atom stereocenters. The van der Waals surface area contributed by atoms with Crippen LogP contribution in [0, 0.1) is 0 Å². The maximum Gasteiger partial charge on any atom is 0.193 e. The van der Waals surface area contributed by atoms with Gasteiger partial charge < -0.3 is 25.0 Å². The molecule has 10 heteroatoms. The summed E-state index contributed by atoms with van der Waals surface area (Å²) in [6.45, 7) is 7.58. The van der Waals surface area contributed by atoms with Crippen molar-refractivity contribution in [3.63, 3.8) is 0 Å². The van der Waals surface area contributed by atoms with E-state index in [0.717, 1.165) is 58.1 Å². The fourth-order valence-electron chi connectivity index (χ4n) is 2.99. The first kappa shape index (κ1) is 26.5. The van der Waals surface area contributed by atoms with Gasteiger partial charge in [0.25, 0.3) is 0 Å². The monoisotopic (exact) mass is 559 g/mol. The first-order valence-electron chi connectivity index (χ1n) is 9.82. The molecule has 2 N–H and O–H groups in total. The maximum absolute atomic E-state index is 6.13. The minimum Gasteiger partial charge on any atom is -0.385 e. The Kier molecular flexibility index (Phi) is 14.0. The quantitative estimate of drug-likeness (QED) is 0.196. The third-order valence-corrected chi connectivity index (χ3v) is 4.89. The van der Waals surface area contributed by atoms with E-state index in [1.807, 2.05) is 0 Å². The molecule has 7 nitrogen and oxygen atoms in total. The number of anilines is 1. The number of methoxy groups -OCH3 is 1. The number of aromatic nitrogens is 1. The molecule has 0 amide bonds. The van der Waals surface area contributed by atoms with Crippen molar-refractivity contribution in [2.75, 3.05) is 58.4 Å². The molecule has 0 radical (unpaired) electrons. The van der Waals surface area contributed by atoms with E-state index >= 15 is 0 Å². The second kappa shape index (κ2) is 15.3. The van der Waals surface area contributed by atoms with Gasteiger partial charge in [0.15, 0.2) is 5.96 Å². The highest BCUT2D eigenvalue weighted by atomic mass is 127. The number of aliphatic imine (C=N–C) groups is 1. The zero-order valence-electron chi connectivity index (χ0n) is 17.1. The van der Waals surface area contributed by atoms with Crippen molar-refractivity contribution in [3.8, 4) is 0 Å². The van der Waals surface area contributed by atoms with Crippen molar-refractivity contribution < 1.29 is 9.47 Å². The molecule has 1 saturated heterocycles. The van der Waals surface area contributed by atoms with E-state index in [4.69, 9.17) is 37.7 Å². The van der Waals surface area contributed by atoms with Crippen LogP contribution in [-0.4, -0.2) is 75.0 Å². The lowest BCUT2D eigenvalue weighted by Crippen LogP contribution is -2.47. The number of ether oxygens (including phenoxy) is 2. The smallest absolute Gasteiger partial charge is 0.193 e. The average Bonchev–Trinajstić information content (AvgIpc) is 2.69.